The Bertz CT molecular complexity index is 658. The molecular weight excluding hydrogens is 288 g/mol. The molecule has 0 unspecified atom stereocenters. The van der Waals surface area contributed by atoms with Gasteiger partial charge in [-0.3, -0.25) is 0 Å². The van der Waals surface area contributed by atoms with E-state index in [-0.39, 0.29) is 0 Å². The summed E-state index contributed by atoms with van der Waals surface area (Å²) in [6.45, 7) is 0. The summed E-state index contributed by atoms with van der Waals surface area (Å²) < 4.78 is 1.03. The Morgan fingerprint density at radius 2 is 2.17 bits per heavy atom. The second-order valence-corrected chi connectivity index (χ2v) is 5.56. The maximum absolute atomic E-state index is 5.95. The molecule has 0 atom stereocenters. The van der Waals surface area contributed by atoms with Gasteiger partial charge in [0.1, 0.15) is 5.82 Å². The highest BCUT2D eigenvalue weighted by molar-refractivity contribution is 9.10. The Balaban J connectivity index is 2.14. The van der Waals surface area contributed by atoms with Crippen molar-refractivity contribution in [3.05, 3.63) is 34.4 Å². The Kier molecular flexibility index (Phi) is 2.97. The van der Waals surface area contributed by atoms with Crippen molar-refractivity contribution < 1.29 is 0 Å². The van der Waals surface area contributed by atoms with Crippen LogP contribution in [0.15, 0.2) is 28.9 Å². The van der Waals surface area contributed by atoms with Crippen LogP contribution in [-0.2, 0) is 0 Å². The van der Waals surface area contributed by atoms with Crippen LogP contribution in [0.25, 0.3) is 10.8 Å². The first-order chi connectivity index (χ1) is 8.74. The number of fused-ring (bicyclic) bond motifs is 1. The van der Waals surface area contributed by atoms with Crippen LogP contribution in [0.1, 0.15) is 24.8 Å². The molecule has 0 radical (unpaired) electrons. The minimum atomic E-state index is 0.521. The summed E-state index contributed by atoms with van der Waals surface area (Å²) in [6, 6.07) is 6.09. The van der Waals surface area contributed by atoms with Crippen molar-refractivity contribution in [1.82, 2.24) is 4.98 Å². The molecule has 2 N–H and O–H groups in total. The zero-order chi connectivity index (χ0) is 12.5. The topological polar surface area (TPSA) is 38.9 Å². The lowest BCUT2D eigenvalue weighted by Crippen LogP contribution is -2.07. The van der Waals surface area contributed by atoms with E-state index in [1.165, 1.54) is 19.3 Å². The van der Waals surface area contributed by atoms with Gasteiger partial charge < -0.3 is 5.73 Å². The first-order valence-corrected chi connectivity index (χ1v) is 6.88. The number of hydrogen-bond acceptors (Lipinski definition) is 2. The monoisotopic (exact) mass is 300 g/mol. The number of aromatic nitrogens is 1. The van der Waals surface area contributed by atoms with Crippen LogP contribution >= 0.6 is 15.9 Å². The van der Waals surface area contributed by atoms with Gasteiger partial charge in [0.15, 0.2) is 0 Å². The zero-order valence-electron chi connectivity index (χ0n) is 9.91. The lowest BCUT2D eigenvalue weighted by atomic mass is 9.86. The summed E-state index contributed by atoms with van der Waals surface area (Å²) >= 11 is 3.49. The van der Waals surface area contributed by atoms with Crippen LogP contribution in [0.4, 0.5) is 5.82 Å². The van der Waals surface area contributed by atoms with Gasteiger partial charge in [-0.1, -0.05) is 40.3 Å². The van der Waals surface area contributed by atoms with Crippen LogP contribution in [0.2, 0.25) is 0 Å². The maximum Gasteiger partial charge on any atom is 0.139 e. The minimum absolute atomic E-state index is 0.521. The maximum atomic E-state index is 5.95. The molecule has 2 aromatic rings. The van der Waals surface area contributed by atoms with Gasteiger partial charge in [0.2, 0.25) is 0 Å². The lowest BCUT2D eigenvalue weighted by molar-refractivity contribution is 0.401. The Morgan fingerprint density at radius 1 is 1.33 bits per heavy atom. The van der Waals surface area contributed by atoms with Gasteiger partial charge in [0, 0.05) is 27.4 Å². The number of nitrogen functional groups attached to an aromatic ring is 1. The van der Waals surface area contributed by atoms with Crippen molar-refractivity contribution >= 4 is 32.5 Å². The minimum Gasteiger partial charge on any atom is -0.383 e. The summed E-state index contributed by atoms with van der Waals surface area (Å²) in [4.78, 5) is 4.22. The molecule has 2 nitrogen and oxygen atoms in total. The number of rotatable bonds is 0. The van der Waals surface area contributed by atoms with E-state index < -0.39 is 0 Å². The second kappa shape index (κ2) is 4.62. The van der Waals surface area contributed by atoms with Crippen LogP contribution in [-0.4, -0.2) is 4.98 Å². The largest absolute Gasteiger partial charge is 0.383 e. The number of nitrogens with zero attached hydrogens (tertiary/aromatic N) is 1. The van der Waals surface area contributed by atoms with Crippen molar-refractivity contribution in [2.75, 3.05) is 5.73 Å². The number of halogens is 1. The molecule has 1 aromatic heterocycles. The van der Waals surface area contributed by atoms with Gasteiger partial charge in [0.05, 0.1) is 5.56 Å². The molecule has 3 heteroatoms. The molecule has 0 amide bonds. The van der Waals surface area contributed by atoms with Crippen molar-refractivity contribution in [3.8, 4) is 11.8 Å². The van der Waals surface area contributed by atoms with E-state index >= 15 is 0 Å². The van der Waals surface area contributed by atoms with Gasteiger partial charge in [-0.05, 0) is 25.0 Å². The van der Waals surface area contributed by atoms with E-state index in [0.717, 1.165) is 20.8 Å². The molecule has 1 aromatic carbocycles. The Morgan fingerprint density at radius 3 is 2.89 bits per heavy atom. The lowest BCUT2D eigenvalue weighted by Gasteiger charge is -2.18. The highest BCUT2D eigenvalue weighted by Crippen LogP contribution is 2.27. The molecule has 3 rings (SSSR count). The first-order valence-electron chi connectivity index (χ1n) is 6.09. The highest BCUT2D eigenvalue weighted by atomic mass is 79.9. The van der Waals surface area contributed by atoms with Crippen molar-refractivity contribution in [1.29, 1.82) is 0 Å². The van der Waals surface area contributed by atoms with Crippen molar-refractivity contribution in [2.45, 2.75) is 19.3 Å². The zero-order valence-corrected chi connectivity index (χ0v) is 11.5. The number of nitrogens with two attached hydrogens (primary N) is 1. The predicted molar refractivity (Wildman–Crippen MR) is 78.1 cm³/mol. The van der Waals surface area contributed by atoms with Gasteiger partial charge in [-0.15, -0.1) is 0 Å². The smallest absolute Gasteiger partial charge is 0.139 e. The SMILES string of the molecule is Nc1ncc2ccc(Br)cc2c1C#CC1CCC1. The van der Waals surface area contributed by atoms with E-state index in [2.05, 4.69) is 38.8 Å². The van der Waals surface area contributed by atoms with Crippen LogP contribution in [0.5, 0.6) is 0 Å². The third-order valence-electron chi connectivity index (χ3n) is 3.39. The molecule has 90 valence electrons. The first kappa shape index (κ1) is 11.6. The van der Waals surface area contributed by atoms with Crippen LogP contribution < -0.4 is 5.73 Å². The van der Waals surface area contributed by atoms with Crippen molar-refractivity contribution in [2.24, 2.45) is 5.92 Å². The third kappa shape index (κ3) is 2.09. The normalized spacial score (nSPS) is 14.9. The molecule has 1 aliphatic rings. The summed E-state index contributed by atoms with van der Waals surface area (Å²) in [5.74, 6) is 7.60. The molecule has 0 saturated heterocycles. The molecule has 1 heterocycles. The number of benzene rings is 1. The van der Waals surface area contributed by atoms with E-state index in [1.54, 1.807) is 6.20 Å². The van der Waals surface area contributed by atoms with Crippen LogP contribution in [0, 0.1) is 17.8 Å². The summed E-state index contributed by atoms with van der Waals surface area (Å²) in [7, 11) is 0. The van der Waals surface area contributed by atoms with Gasteiger partial charge in [-0.25, -0.2) is 4.98 Å². The molecule has 1 saturated carbocycles. The Hall–Kier alpha value is -1.53. The Labute approximate surface area is 115 Å². The number of anilines is 1. The second-order valence-electron chi connectivity index (χ2n) is 4.65. The van der Waals surface area contributed by atoms with E-state index in [4.69, 9.17) is 5.73 Å². The standard InChI is InChI=1S/C15H13BrN2/c16-12-6-5-11-9-18-15(17)13(14(11)8-12)7-4-10-2-1-3-10/h5-6,8-10H,1-3H2,(H2,17,18). The van der Waals surface area contributed by atoms with E-state index in [1.807, 2.05) is 12.1 Å². The number of pyridine rings is 1. The molecule has 1 aliphatic carbocycles. The van der Waals surface area contributed by atoms with Crippen molar-refractivity contribution in [3.63, 3.8) is 0 Å². The van der Waals surface area contributed by atoms with Gasteiger partial charge in [-0.2, -0.15) is 0 Å². The average molecular weight is 301 g/mol. The summed E-state index contributed by atoms with van der Waals surface area (Å²) in [6.07, 6.45) is 5.53. The fourth-order valence-corrected chi connectivity index (χ4v) is 2.42. The molecular formula is C15H13BrN2. The van der Waals surface area contributed by atoms with E-state index in [0.29, 0.717) is 11.7 Å². The number of hydrogen-bond donors (Lipinski definition) is 1. The summed E-state index contributed by atoms with van der Waals surface area (Å²) in [5.41, 5.74) is 6.82. The average Bonchev–Trinajstić information content (AvgIpc) is 2.30. The highest BCUT2D eigenvalue weighted by Gasteiger charge is 2.14. The van der Waals surface area contributed by atoms with Gasteiger partial charge >= 0.3 is 0 Å². The molecule has 1 fully saturated rings. The predicted octanol–water partition coefficient (Wildman–Crippen LogP) is 3.73. The fourth-order valence-electron chi connectivity index (χ4n) is 2.06. The quantitative estimate of drug-likeness (QED) is 0.753. The van der Waals surface area contributed by atoms with E-state index in [9.17, 15) is 0 Å². The molecule has 0 aliphatic heterocycles. The molecule has 0 spiro atoms. The molecule has 0 bridgehead atoms. The van der Waals surface area contributed by atoms with Crippen LogP contribution in [0.3, 0.4) is 0 Å². The van der Waals surface area contributed by atoms with Gasteiger partial charge in [0.25, 0.3) is 0 Å². The molecule has 18 heavy (non-hydrogen) atoms. The summed E-state index contributed by atoms with van der Waals surface area (Å²) in [5, 5.41) is 2.15. The fraction of sp³-hybridized carbons (Fsp3) is 0.267. The third-order valence-corrected chi connectivity index (χ3v) is 3.88.